The third-order valence-corrected chi connectivity index (χ3v) is 5.01. The van der Waals surface area contributed by atoms with E-state index >= 15 is 0 Å². The molecule has 0 radical (unpaired) electrons. The Balaban J connectivity index is 1.95. The molecule has 0 saturated heterocycles. The maximum Gasteiger partial charge on any atom is 0.214 e. The largest absolute Gasteiger partial charge is 0.497 e. The zero-order chi connectivity index (χ0) is 19.5. The van der Waals surface area contributed by atoms with Crippen molar-refractivity contribution in [1.82, 2.24) is 4.98 Å². The van der Waals surface area contributed by atoms with Gasteiger partial charge in [-0.3, -0.25) is 10.1 Å². The van der Waals surface area contributed by atoms with Crippen LogP contribution in [-0.4, -0.2) is 23.6 Å². The molecule has 140 valence electrons. The van der Waals surface area contributed by atoms with Gasteiger partial charge in [-0.25, -0.2) is 0 Å². The lowest BCUT2D eigenvalue weighted by Crippen LogP contribution is -2.14. The number of aromatic nitrogens is 1. The predicted molar refractivity (Wildman–Crippen MR) is 110 cm³/mol. The molecule has 1 heterocycles. The van der Waals surface area contributed by atoms with Crippen molar-refractivity contribution in [2.24, 2.45) is 0 Å². The van der Waals surface area contributed by atoms with Gasteiger partial charge in [-0.05, 0) is 34.9 Å². The van der Waals surface area contributed by atoms with Crippen LogP contribution in [0.3, 0.4) is 0 Å². The van der Waals surface area contributed by atoms with Gasteiger partial charge in [0.15, 0.2) is 0 Å². The predicted octanol–water partition coefficient (Wildman–Crippen LogP) is 5.25. The van der Waals surface area contributed by atoms with Crippen LogP contribution < -0.4 is 4.74 Å². The summed E-state index contributed by atoms with van der Waals surface area (Å²) in [4.78, 5) is 14.8. The molecule has 5 heteroatoms. The maximum atomic E-state index is 11.6. The standard InChI is InChI=1S/C23H20N2O3/c1-28-18-13-11-16(12-14-18)20(15-25(26)27)22-19-9-5-6-10-21(19)24-23(22)17-7-3-2-4-8-17/h2-14,20,24H,15H2,1H3/t20-/m1/s1. The molecule has 0 unspecified atom stereocenters. The summed E-state index contributed by atoms with van der Waals surface area (Å²) < 4.78 is 5.24. The number of benzene rings is 3. The van der Waals surface area contributed by atoms with E-state index in [4.69, 9.17) is 4.74 Å². The lowest BCUT2D eigenvalue weighted by molar-refractivity contribution is -0.481. The summed E-state index contributed by atoms with van der Waals surface area (Å²) in [6, 6.07) is 25.4. The average Bonchev–Trinajstić information content (AvgIpc) is 3.12. The molecule has 0 saturated carbocycles. The zero-order valence-corrected chi connectivity index (χ0v) is 15.5. The van der Waals surface area contributed by atoms with Gasteiger partial charge in [0.05, 0.1) is 18.7 Å². The van der Waals surface area contributed by atoms with Crippen molar-refractivity contribution in [1.29, 1.82) is 0 Å². The van der Waals surface area contributed by atoms with Crippen LogP contribution in [0.25, 0.3) is 22.2 Å². The molecule has 5 nitrogen and oxygen atoms in total. The van der Waals surface area contributed by atoms with E-state index in [0.717, 1.165) is 39.0 Å². The van der Waals surface area contributed by atoms with Gasteiger partial charge in [0.1, 0.15) is 5.75 Å². The molecule has 1 aromatic heterocycles. The highest BCUT2D eigenvalue weighted by atomic mass is 16.6. The lowest BCUT2D eigenvalue weighted by atomic mass is 9.87. The zero-order valence-electron chi connectivity index (χ0n) is 15.5. The maximum absolute atomic E-state index is 11.6. The van der Waals surface area contributed by atoms with Crippen LogP contribution in [-0.2, 0) is 0 Å². The summed E-state index contributed by atoms with van der Waals surface area (Å²) in [5, 5.41) is 12.6. The number of ether oxygens (including phenoxy) is 1. The van der Waals surface area contributed by atoms with Gasteiger partial charge in [-0.1, -0.05) is 60.7 Å². The van der Waals surface area contributed by atoms with E-state index in [1.165, 1.54) is 0 Å². The van der Waals surface area contributed by atoms with E-state index in [0.29, 0.717) is 0 Å². The van der Waals surface area contributed by atoms with Crippen LogP contribution in [0.15, 0.2) is 78.9 Å². The van der Waals surface area contributed by atoms with Crippen LogP contribution in [0.4, 0.5) is 0 Å². The Labute approximate surface area is 162 Å². The van der Waals surface area contributed by atoms with E-state index in [-0.39, 0.29) is 17.4 Å². The number of aromatic amines is 1. The first-order valence-electron chi connectivity index (χ1n) is 9.09. The Bertz CT molecular complexity index is 1100. The normalized spacial score (nSPS) is 12.0. The Morgan fingerprint density at radius 3 is 2.32 bits per heavy atom. The van der Waals surface area contributed by atoms with Crippen LogP contribution >= 0.6 is 0 Å². The summed E-state index contributed by atoms with van der Waals surface area (Å²) in [7, 11) is 1.61. The molecular weight excluding hydrogens is 352 g/mol. The molecule has 3 aromatic carbocycles. The first-order chi connectivity index (χ1) is 13.7. The molecule has 0 spiro atoms. The lowest BCUT2D eigenvalue weighted by Gasteiger charge is -2.16. The minimum atomic E-state index is -0.382. The third kappa shape index (κ3) is 3.34. The number of nitrogens with one attached hydrogen (secondary N) is 1. The Hall–Kier alpha value is -3.60. The highest BCUT2D eigenvalue weighted by molar-refractivity contribution is 5.92. The second-order valence-electron chi connectivity index (χ2n) is 6.67. The minimum absolute atomic E-state index is 0.186. The van der Waals surface area contributed by atoms with Gasteiger partial charge in [-0.15, -0.1) is 0 Å². The Morgan fingerprint density at radius 2 is 1.64 bits per heavy atom. The van der Waals surface area contributed by atoms with Gasteiger partial charge in [-0.2, -0.15) is 0 Å². The van der Waals surface area contributed by atoms with Crippen molar-refractivity contribution < 1.29 is 9.66 Å². The fraction of sp³-hybridized carbons (Fsp3) is 0.130. The quantitative estimate of drug-likeness (QED) is 0.371. The molecule has 0 bridgehead atoms. The molecule has 0 amide bonds. The molecule has 1 N–H and O–H groups in total. The summed E-state index contributed by atoms with van der Waals surface area (Å²) in [6.07, 6.45) is 0. The molecule has 0 aliphatic heterocycles. The van der Waals surface area contributed by atoms with Gasteiger partial charge >= 0.3 is 0 Å². The number of rotatable bonds is 6. The number of nitro groups is 1. The average molecular weight is 372 g/mol. The van der Waals surface area contributed by atoms with Crippen LogP contribution in [0.5, 0.6) is 5.75 Å². The van der Waals surface area contributed by atoms with Gasteiger partial charge in [0.25, 0.3) is 0 Å². The highest BCUT2D eigenvalue weighted by Crippen LogP contribution is 2.39. The SMILES string of the molecule is COc1ccc([C@@H](C[N+](=O)[O-])c2c(-c3ccccc3)[nH]c3ccccc23)cc1. The first-order valence-corrected chi connectivity index (χ1v) is 9.09. The van der Waals surface area contributed by atoms with E-state index < -0.39 is 0 Å². The molecule has 0 aliphatic carbocycles. The van der Waals surface area contributed by atoms with Crippen LogP contribution in [0.2, 0.25) is 0 Å². The summed E-state index contributed by atoms with van der Waals surface area (Å²) in [5.74, 6) is 0.345. The molecule has 1 atom stereocenters. The van der Waals surface area contributed by atoms with Crippen molar-refractivity contribution in [2.45, 2.75) is 5.92 Å². The van der Waals surface area contributed by atoms with Gasteiger partial charge in [0, 0.05) is 15.8 Å². The number of nitrogens with zero attached hydrogens (tertiary/aromatic N) is 1. The molecule has 28 heavy (non-hydrogen) atoms. The number of methoxy groups -OCH3 is 1. The molecule has 4 aromatic rings. The molecular formula is C23H20N2O3. The third-order valence-electron chi connectivity index (χ3n) is 5.01. The van der Waals surface area contributed by atoms with Crippen molar-refractivity contribution in [3.63, 3.8) is 0 Å². The van der Waals surface area contributed by atoms with E-state index in [9.17, 15) is 10.1 Å². The van der Waals surface area contributed by atoms with E-state index in [1.54, 1.807) is 7.11 Å². The molecule has 0 aliphatic rings. The van der Waals surface area contributed by atoms with Crippen LogP contribution in [0.1, 0.15) is 17.0 Å². The summed E-state index contributed by atoms with van der Waals surface area (Å²) in [6.45, 7) is -0.186. The Kier molecular flexibility index (Phi) is 4.81. The number of hydrogen-bond donors (Lipinski definition) is 1. The first kappa shape index (κ1) is 17.8. The second-order valence-corrected chi connectivity index (χ2v) is 6.67. The smallest absolute Gasteiger partial charge is 0.214 e. The van der Waals surface area contributed by atoms with E-state index in [2.05, 4.69) is 4.98 Å². The highest BCUT2D eigenvalue weighted by Gasteiger charge is 2.27. The van der Waals surface area contributed by atoms with Crippen molar-refractivity contribution in [3.8, 4) is 17.0 Å². The monoisotopic (exact) mass is 372 g/mol. The number of H-pyrrole nitrogens is 1. The van der Waals surface area contributed by atoms with Crippen molar-refractivity contribution in [3.05, 3.63) is 100 Å². The van der Waals surface area contributed by atoms with Gasteiger partial charge < -0.3 is 9.72 Å². The number of hydrogen-bond acceptors (Lipinski definition) is 3. The molecule has 4 rings (SSSR count). The van der Waals surface area contributed by atoms with Crippen molar-refractivity contribution in [2.75, 3.05) is 13.7 Å². The van der Waals surface area contributed by atoms with Crippen molar-refractivity contribution >= 4 is 10.9 Å². The van der Waals surface area contributed by atoms with Gasteiger partial charge in [0.2, 0.25) is 6.54 Å². The van der Waals surface area contributed by atoms with Crippen LogP contribution in [0, 0.1) is 10.1 Å². The summed E-state index contributed by atoms with van der Waals surface area (Å²) in [5.41, 5.74) is 4.74. The number of fused-ring (bicyclic) bond motifs is 1. The fourth-order valence-corrected chi connectivity index (χ4v) is 3.71. The topological polar surface area (TPSA) is 68.2 Å². The number of para-hydroxylation sites is 1. The fourth-order valence-electron chi connectivity index (χ4n) is 3.71. The second kappa shape index (κ2) is 7.56. The van der Waals surface area contributed by atoms with E-state index in [1.807, 2.05) is 78.9 Å². The molecule has 0 fully saturated rings. The minimum Gasteiger partial charge on any atom is -0.497 e. The Morgan fingerprint density at radius 1 is 0.964 bits per heavy atom. The summed E-state index contributed by atoms with van der Waals surface area (Å²) >= 11 is 0.